The van der Waals surface area contributed by atoms with Crippen molar-refractivity contribution in [2.45, 2.75) is 0 Å². The van der Waals surface area contributed by atoms with Gasteiger partial charge in [0, 0.05) is 28.4 Å². The summed E-state index contributed by atoms with van der Waals surface area (Å²) in [7, 11) is 0. The summed E-state index contributed by atoms with van der Waals surface area (Å²) >= 11 is 0. The number of fused-ring (bicyclic) bond motifs is 1. The highest BCUT2D eigenvalue weighted by Crippen LogP contribution is 2.26. The number of nitrogens with one attached hydrogen (secondary N) is 2. The van der Waals surface area contributed by atoms with Crippen LogP contribution in [0.3, 0.4) is 0 Å². The van der Waals surface area contributed by atoms with E-state index in [4.69, 9.17) is 11.1 Å². The Kier molecular flexibility index (Phi) is 3.09. The van der Waals surface area contributed by atoms with Gasteiger partial charge >= 0.3 is 0 Å². The molecule has 0 fully saturated rings. The van der Waals surface area contributed by atoms with E-state index in [1.165, 1.54) is 5.39 Å². The lowest BCUT2D eigenvalue weighted by Gasteiger charge is -2.10. The Hall–Kier alpha value is -2.81. The number of hydrogen-bond donors (Lipinski definition) is 3. The molecular weight excluding hydrogens is 246 g/mol. The third-order valence-corrected chi connectivity index (χ3v) is 3.17. The number of rotatable bonds is 3. The molecule has 0 aromatic heterocycles. The van der Waals surface area contributed by atoms with Crippen LogP contribution in [0.5, 0.6) is 0 Å². The molecule has 0 saturated heterocycles. The average Bonchev–Trinajstić information content (AvgIpc) is 2.48. The number of anilines is 2. The molecular formula is C17H14N3. The van der Waals surface area contributed by atoms with Crippen molar-refractivity contribution in [1.29, 1.82) is 5.41 Å². The molecule has 3 nitrogen and oxygen atoms in total. The molecule has 1 radical (unpaired) electrons. The summed E-state index contributed by atoms with van der Waals surface area (Å²) < 4.78 is 0. The standard InChI is InChI=1S/C17H14N3/c18-17(19)13-7-3-8-14(11-13)20-16-10-4-6-12-5-1-2-9-15(12)16/h1-7,9-11,20H,(H3,18,19). The smallest absolute Gasteiger partial charge is 0.122 e. The molecule has 0 saturated carbocycles. The lowest BCUT2D eigenvalue weighted by atomic mass is 10.1. The third-order valence-electron chi connectivity index (χ3n) is 3.17. The first-order chi connectivity index (χ1) is 9.74. The van der Waals surface area contributed by atoms with Crippen LogP contribution in [-0.4, -0.2) is 5.84 Å². The molecule has 0 aliphatic rings. The first kappa shape index (κ1) is 12.2. The fourth-order valence-electron chi connectivity index (χ4n) is 2.19. The first-order valence-corrected chi connectivity index (χ1v) is 6.35. The van der Waals surface area contributed by atoms with E-state index in [2.05, 4.69) is 29.6 Å². The van der Waals surface area contributed by atoms with Gasteiger partial charge in [-0.25, -0.2) is 0 Å². The topological polar surface area (TPSA) is 61.9 Å². The van der Waals surface area contributed by atoms with Crippen LogP contribution < -0.4 is 11.1 Å². The largest absolute Gasteiger partial charge is 0.384 e. The van der Waals surface area contributed by atoms with Crippen molar-refractivity contribution in [2.75, 3.05) is 5.32 Å². The molecule has 0 heterocycles. The maximum atomic E-state index is 7.48. The van der Waals surface area contributed by atoms with Crippen LogP contribution in [0.4, 0.5) is 11.4 Å². The fourth-order valence-corrected chi connectivity index (χ4v) is 2.19. The van der Waals surface area contributed by atoms with Crippen molar-refractivity contribution in [3.63, 3.8) is 0 Å². The lowest BCUT2D eigenvalue weighted by molar-refractivity contribution is 1.42. The van der Waals surface area contributed by atoms with E-state index < -0.39 is 0 Å². The van der Waals surface area contributed by atoms with Crippen molar-refractivity contribution in [3.05, 3.63) is 72.3 Å². The minimum Gasteiger partial charge on any atom is -0.384 e. The van der Waals surface area contributed by atoms with Gasteiger partial charge in [0.2, 0.25) is 0 Å². The van der Waals surface area contributed by atoms with Crippen molar-refractivity contribution in [1.82, 2.24) is 0 Å². The summed E-state index contributed by atoms with van der Waals surface area (Å²) in [5.41, 5.74) is 8.01. The zero-order valence-corrected chi connectivity index (χ0v) is 10.9. The number of nitrogen functional groups attached to an aromatic ring is 1. The van der Waals surface area contributed by atoms with Crippen LogP contribution in [0, 0.1) is 11.5 Å². The van der Waals surface area contributed by atoms with Gasteiger partial charge in [0.25, 0.3) is 0 Å². The van der Waals surface area contributed by atoms with E-state index in [0.717, 1.165) is 16.8 Å². The Morgan fingerprint density at radius 2 is 1.85 bits per heavy atom. The summed E-state index contributed by atoms with van der Waals surface area (Å²) in [4.78, 5) is 0. The lowest BCUT2D eigenvalue weighted by Crippen LogP contribution is -2.11. The van der Waals surface area contributed by atoms with Crippen molar-refractivity contribution in [3.8, 4) is 0 Å². The second kappa shape index (κ2) is 5.05. The Bertz CT molecular complexity index is 773. The van der Waals surface area contributed by atoms with Crippen LogP contribution in [0.25, 0.3) is 10.8 Å². The van der Waals surface area contributed by atoms with E-state index >= 15 is 0 Å². The number of benzene rings is 3. The Morgan fingerprint density at radius 3 is 2.70 bits per heavy atom. The molecule has 0 amide bonds. The highest BCUT2D eigenvalue weighted by molar-refractivity contribution is 5.97. The molecule has 0 aliphatic heterocycles. The number of nitrogens with two attached hydrogens (primary N) is 1. The monoisotopic (exact) mass is 260 g/mol. The van der Waals surface area contributed by atoms with Gasteiger partial charge in [-0.3, -0.25) is 5.41 Å². The highest BCUT2D eigenvalue weighted by atomic mass is 14.9. The van der Waals surface area contributed by atoms with Gasteiger partial charge in [0.15, 0.2) is 0 Å². The zero-order valence-electron chi connectivity index (χ0n) is 10.9. The van der Waals surface area contributed by atoms with Gasteiger partial charge in [0.05, 0.1) is 0 Å². The molecule has 0 aliphatic carbocycles. The molecule has 4 N–H and O–H groups in total. The van der Waals surface area contributed by atoms with Gasteiger partial charge < -0.3 is 11.1 Å². The SMILES string of the molecule is N=C(N)c1cc[c]c(Nc2cccc3ccccc23)c1. The Morgan fingerprint density at radius 1 is 1.05 bits per heavy atom. The molecule has 20 heavy (non-hydrogen) atoms. The average molecular weight is 260 g/mol. The predicted octanol–water partition coefficient (Wildman–Crippen LogP) is 3.67. The molecule has 0 bridgehead atoms. The van der Waals surface area contributed by atoms with Crippen molar-refractivity contribution in [2.24, 2.45) is 5.73 Å². The summed E-state index contributed by atoms with van der Waals surface area (Å²) in [5, 5.41) is 13.1. The second-order valence-corrected chi connectivity index (χ2v) is 4.56. The molecule has 3 heteroatoms. The minimum absolute atomic E-state index is 0.0555. The molecule has 3 aromatic carbocycles. The van der Waals surface area contributed by atoms with Crippen LogP contribution in [-0.2, 0) is 0 Å². The van der Waals surface area contributed by atoms with E-state index in [-0.39, 0.29) is 5.84 Å². The molecule has 3 aromatic rings. The normalized spacial score (nSPS) is 10.4. The third kappa shape index (κ3) is 2.34. The van der Waals surface area contributed by atoms with E-state index in [1.54, 1.807) is 12.1 Å². The summed E-state index contributed by atoms with van der Waals surface area (Å²) in [6.45, 7) is 0. The summed E-state index contributed by atoms with van der Waals surface area (Å²) in [5.74, 6) is 0.0555. The Labute approximate surface area is 117 Å². The minimum atomic E-state index is 0.0555. The zero-order chi connectivity index (χ0) is 13.9. The quantitative estimate of drug-likeness (QED) is 0.497. The molecule has 0 unspecified atom stereocenters. The molecule has 0 atom stereocenters. The maximum Gasteiger partial charge on any atom is 0.122 e. The first-order valence-electron chi connectivity index (χ1n) is 6.35. The molecule has 0 spiro atoms. The molecule has 3 rings (SSSR count). The van der Waals surface area contributed by atoms with Crippen molar-refractivity contribution >= 4 is 28.0 Å². The Balaban J connectivity index is 2.01. The van der Waals surface area contributed by atoms with Gasteiger partial charge in [-0.1, -0.05) is 48.5 Å². The van der Waals surface area contributed by atoms with Crippen LogP contribution in [0.15, 0.2) is 60.7 Å². The van der Waals surface area contributed by atoms with Crippen LogP contribution in [0.2, 0.25) is 0 Å². The van der Waals surface area contributed by atoms with E-state index in [1.807, 2.05) is 30.3 Å². The van der Waals surface area contributed by atoms with Gasteiger partial charge in [-0.2, -0.15) is 0 Å². The van der Waals surface area contributed by atoms with Crippen molar-refractivity contribution < 1.29 is 0 Å². The highest BCUT2D eigenvalue weighted by Gasteiger charge is 2.02. The summed E-state index contributed by atoms with van der Waals surface area (Å²) in [6.07, 6.45) is 0. The van der Waals surface area contributed by atoms with Gasteiger partial charge in [0.1, 0.15) is 5.84 Å². The van der Waals surface area contributed by atoms with E-state index in [9.17, 15) is 0 Å². The van der Waals surface area contributed by atoms with Crippen LogP contribution in [0.1, 0.15) is 5.56 Å². The number of amidine groups is 1. The predicted molar refractivity (Wildman–Crippen MR) is 83.5 cm³/mol. The van der Waals surface area contributed by atoms with Gasteiger partial charge in [-0.15, -0.1) is 0 Å². The van der Waals surface area contributed by atoms with Crippen LogP contribution >= 0.6 is 0 Å². The van der Waals surface area contributed by atoms with E-state index in [0.29, 0.717) is 5.56 Å². The summed E-state index contributed by atoms with van der Waals surface area (Å²) in [6, 6.07) is 22.8. The van der Waals surface area contributed by atoms with Gasteiger partial charge in [-0.05, 0) is 17.5 Å². The number of hydrogen-bond acceptors (Lipinski definition) is 2. The second-order valence-electron chi connectivity index (χ2n) is 4.56. The maximum absolute atomic E-state index is 7.48. The fraction of sp³-hybridized carbons (Fsp3) is 0. The molecule has 97 valence electrons.